The average molecular weight is 504 g/mol. The Hall–Kier alpha value is -3.44. The third kappa shape index (κ3) is 9.38. The number of carboxylic acids is 1. The number of carboxylic acid groups (broad SMARTS) is 1. The van der Waals surface area contributed by atoms with Gasteiger partial charge in [-0.25, -0.2) is 19.2 Å². The molecule has 196 valence electrons. The Bertz CT molecular complexity index is 958. The second-order valence-corrected chi connectivity index (χ2v) is 9.79. The maximum Gasteiger partial charge on any atom is 0.514 e. The van der Waals surface area contributed by atoms with Gasteiger partial charge in [-0.2, -0.15) is 8.78 Å². The molecule has 0 spiro atoms. The summed E-state index contributed by atoms with van der Waals surface area (Å²) in [4.78, 5) is 47.7. The maximum atomic E-state index is 14.1. The summed E-state index contributed by atoms with van der Waals surface area (Å²) >= 11 is 0. The fourth-order valence-electron chi connectivity index (χ4n) is 2.45. The number of hydrogen-bond donors (Lipinski definition) is 1. The van der Waals surface area contributed by atoms with Crippen LogP contribution in [0, 0.1) is 5.92 Å². The maximum absolute atomic E-state index is 14.1. The van der Waals surface area contributed by atoms with E-state index in [-0.39, 0.29) is 5.75 Å². The zero-order chi connectivity index (χ0) is 27.4. The Morgan fingerprint density at radius 2 is 1.29 bits per heavy atom. The normalized spacial score (nSPS) is 13.0. The van der Waals surface area contributed by atoms with E-state index in [1.165, 1.54) is 13.8 Å². The van der Waals surface area contributed by atoms with Gasteiger partial charge in [-0.05, 0) is 65.7 Å². The van der Waals surface area contributed by atoms with Crippen LogP contribution in [0.15, 0.2) is 18.2 Å². The van der Waals surface area contributed by atoms with E-state index in [1.807, 2.05) is 0 Å². The molecule has 0 saturated heterocycles. The van der Waals surface area contributed by atoms with Crippen LogP contribution in [-0.2, 0) is 19.0 Å². The number of rotatable bonds is 7. The Kier molecular flexibility index (Phi) is 9.19. The molecule has 0 saturated carbocycles. The number of aliphatic carboxylic acids is 1. The zero-order valence-electron chi connectivity index (χ0n) is 20.8. The topological polar surface area (TPSA) is 135 Å². The van der Waals surface area contributed by atoms with Crippen molar-refractivity contribution in [1.29, 1.82) is 0 Å². The summed E-state index contributed by atoms with van der Waals surface area (Å²) < 4.78 is 53.1. The molecule has 1 aromatic rings. The van der Waals surface area contributed by atoms with Gasteiger partial charge in [0.15, 0.2) is 17.6 Å². The fourth-order valence-corrected chi connectivity index (χ4v) is 2.45. The summed E-state index contributed by atoms with van der Waals surface area (Å²) in [5.41, 5.74) is -2.26. The highest BCUT2D eigenvalue weighted by molar-refractivity contribution is 5.91. The number of esters is 1. The lowest BCUT2D eigenvalue weighted by Gasteiger charge is -2.26. The molecular formula is C23H30F2O10. The minimum absolute atomic E-state index is 0.349. The molecule has 0 fully saturated rings. The predicted molar refractivity (Wildman–Crippen MR) is 117 cm³/mol. The van der Waals surface area contributed by atoms with E-state index in [9.17, 15) is 28.0 Å². The number of halogens is 2. The van der Waals surface area contributed by atoms with Crippen molar-refractivity contribution >= 4 is 24.2 Å². The Morgan fingerprint density at radius 1 is 0.829 bits per heavy atom. The van der Waals surface area contributed by atoms with Crippen LogP contribution >= 0.6 is 0 Å². The van der Waals surface area contributed by atoms with Gasteiger partial charge in [0.25, 0.3) is 0 Å². The number of carbonyl (C=O) groups is 4. The van der Waals surface area contributed by atoms with Crippen LogP contribution in [0.1, 0.15) is 65.7 Å². The van der Waals surface area contributed by atoms with E-state index in [0.29, 0.717) is 0 Å². The fraction of sp³-hybridized carbons (Fsp3) is 0.565. The highest BCUT2D eigenvalue weighted by Crippen LogP contribution is 2.32. The van der Waals surface area contributed by atoms with Crippen LogP contribution in [0.3, 0.4) is 0 Å². The lowest BCUT2D eigenvalue weighted by atomic mass is 10.0. The summed E-state index contributed by atoms with van der Waals surface area (Å²) in [7, 11) is 0. The Balaban J connectivity index is 3.32. The first-order chi connectivity index (χ1) is 15.7. The average Bonchev–Trinajstić information content (AvgIpc) is 2.63. The monoisotopic (exact) mass is 504 g/mol. The van der Waals surface area contributed by atoms with Gasteiger partial charge in [-0.3, -0.25) is 0 Å². The minimum atomic E-state index is -4.36. The third-order valence-electron chi connectivity index (χ3n) is 3.83. The highest BCUT2D eigenvalue weighted by Gasteiger charge is 2.51. The molecule has 0 aromatic heterocycles. The standard InChI is InChI=1S/C23H30F2O10/c1-12(2)16(23(24,25)18(27)28)33-17(26)13-9-10-14(31-19(29)34-21(3,4)5)15(11-13)32-20(30)35-22(6,7)8/h9-12,16H,1-8H3,(H,27,28). The summed E-state index contributed by atoms with van der Waals surface area (Å²) in [6, 6.07) is 2.97. The second-order valence-electron chi connectivity index (χ2n) is 9.79. The van der Waals surface area contributed by atoms with Crippen molar-refractivity contribution in [3.63, 3.8) is 0 Å². The zero-order valence-corrected chi connectivity index (χ0v) is 20.8. The second kappa shape index (κ2) is 10.9. The van der Waals surface area contributed by atoms with Crippen molar-refractivity contribution in [2.24, 2.45) is 5.92 Å². The first kappa shape index (κ1) is 29.6. The molecule has 0 aliphatic carbocycles. The molecule has 35 heavy (non-hydrogen) atoms. The largest absolute Gasteiger partial charge is 0.514 e. The van der Waals surface area contributed by atoms with Crippen molar-refractivity contribution < 1.29 is 56.7 Å². The van der Waals surface area contributed by atoms with Crippen LogP contribution in [0.2, 0.25) is 0 Å². The summed E-state index contributed by atoms with van der Waals surface area (Å²) in [5, 5.41) is 8.81. The molecule has 10 nitrogen and oxygen atoms in total. The third-order valence-corrected chi connectivity index (χ3v) is 3.83. The van der Waals surface area contributed by atoms with E-state index in [4.69, 9.17) is 28.8 Å². The Morgan fingerprint density at radius 3 is 1.69 bits per heavy atom. The van der Waals surface area contributed by atoms with Gasteiger partial charge in [-0.1, -0.05) is 13.8 Å². The van der Waals surface area contributed by atoms with Gasteiger partial charge in [-0.15, -0.1) is 0 Å². The Labute approximate surface area is 201 Å². The summed E-state index contributed by atoms with van der Waals surface area (Å²) in [6.07, 6.45) is -4.65. The van der Waals surface area contributed by atoms with E-state index >= 15 is 0 Å². The van der Waals surface area contributed by atoms with Crippen LogP contribution in [0.4, 0.5) is 18.4 Å². The molecule has 0 amide bonds. The molecule has 1 N–H and O–H groups in total. The molecular weight excluding hydrogens is 474 g/mol. The number of benzene rings is 1. The van der Waals surface area contributed by atoms with Crippen molar-refractivity contribution in [3.8, 4) is 11.5 Å². The highest BCUT2D eigenvalue weighted by atomic mass is 19.3. The van der Waals surface area contributed by atoms with Gasteiger partial charge in [0, 0.05) is 0 Å². The first-order valence-corrected chi connectivity index (χ1v) is 10.5. The number of alkyl halides is 2. The molecule has 1 unspecified atom stereocenters. The predicted octanol–water partition coefficient (Wildman–Crippen LogP) is 5.22. The van der Waals surface area contributed by atoms with Crippen LogP contribution in [-0.4, -0.2) is 52.6 Å². The van der Waals surface area contributed by atoms with E-state index < -0.39 is 64.7 Å². The van der Waals surface area contributed by atoms with Gasteiger partial charge < -0.3 is 28.8 Å². The quantitative estimate of drug-likeness (QED) is 0.299. The molecule has 0 aliphatic heterocycles. The molecule has 0 radical (unpaired) electrons. The van der Waals surface area contributed by atoms with Crippen molar-refractivity contribution in [2.45, 2.75) is 78.6 Å². The summed E-state index contributed by atoms with van der Waals surface area (Å²) in [5.74, 6) is -10.0. The lowest BCUT2D eigenvalue weighted by molar-refractivity contribution is -0.187. The van der Waals surface area contributed by atoms with Crippen molar-refractivity contribution in [2.75, 3.05) is 0 Å². The molecule has 0 heterocycles. The lowest BCUT2D eigenvalue weighted by Crippen LogP contribution is -2.47. The van der Waals surface area contributed by atoms with Crippen molar-refractivity contribution in [3.05, 3.63) is 23.8 Å². The smallest absolute Gasteiger partial charge is 0.477 e. The van der Waals surface area contributed by atoms with E-state index in [0.717, 1.165) is 18.2 Å². The molecule has 1 atom stereocenters. The van der Waals surface area contributed by atoms with Crippen molar-refractivity contribution in [1.82, 2.24) is 0 Å². The van der Waals surface area contributed by atoms with E-state index in [2.05, 4.69) is 0 Å². The minimum Gasteiger partial charge on any atom is -0.477 e. The molecule has 1 rings (SSSR count). The number of hydrogen-bond acceptors (Lipinski definition) is 9. The van der Waals surface area contributed by atoms with Gasteiger partial charge in [0.2, 0.25) is 0 Å². The van der Waals surface area contributed by atoms with Crippen LogP contribution in [0.25, 0.3) is 0 Å². The molecule has 12 heteroatoms. The van der Waals surface area contributed by atoms with Gasteiger partial charge in [0.05, 0.1) is 5.56 Å². The molecule has 0 aliphatic rings. The van der Waals surface area contributed by atoms with Gasteiger partial charge in [0.1, 0.15) is 11.2 Å². The molecule has 0 bridgehead atoms. The first-order valence-electron chi connectivity index (χ1n) is 10.5. The van der Waals surface area contributed by atoms with Crippen LogP contribution in [0.5, 0.6) is 11.5 Å². The number of ether oxygens (including phenoxy) is 5. The SMILES string of the molecule is CC(C)C(OC(=O)c1ccc(OC(=O)OC(C)(C)C)c(OC(=O)OC(C)(C)C)c1)C(F)(F)C(=O)O. The summed E-state index contributed by atoms with van der Waals surface area (Å²) in [6.45, 7) is 12.0. The van der Waals surface area contributed by atoms with E-state index in [1.54, 1.807) is 41.5 Å². The van der Waals surface area contributed by atoms with Crippen LogP contribution < -0.4 is 9.47 Å². The van der Waals surface area contributed by atoms with Gasteiger partial charge >= 0.3 is 30.2 Å². The number of carbonyl (C=O) groups excluding carboxylic acids is 3. The molecule has 1 aromatic carbocycles.